The van der Waals surface area contributed by atoms with Crippen molar-refractivity contribution >= 4 is 23.6 Å². The van der Waals surface area contributed by atoms with E-state index in [1.807, 2.05) is 0 Å². The van der Waals surface area contributed by atoms with Crippen molar-refractivity contribution in [1.82, 2.24) is 9.88 Å². The number of nitrogens with zero attached hydrogens (tertiary/aromatic N) is 2. The van der Waals surface area contributed by atoms with E-state index < -0.39 is 12.0 Å². The summed E-state index contributed by atoms with van der Waals surface area (Å²) in [6.45, 7) is 0. The third kappa shape index (κ3) is 2.40. The molecular weight excluding hydrogens is 256 g/mol. The molecule has 1 saturated heterocycles. The first-order valence-electron chi connectivity index (χ1n) is 5.25. The second-order valence-corrected chi connectivity index (χ2v) is 4.72. The van der Waals surface area contributed by atoms with Gasteiger partial charge in [-0.3, -0.25) is 4.79 Å². The third-order valence-electron chi connectivity index (χ3n) is 2.62. The Morgan fingerprint density at radius 2 is 2.33 bits per heavy atom. The number of ether oxygens (including phenoxy) is 1. The highest BCUT2D eigenvalue weighted by Crippen LogP contribution is 2.23. The normalized spacial score (nSPS) is 18.7. The quantitative estimate of drug-likeness (QED) is 0.868. The third-order valence-corrected chi connectivity index (χ3v) is 3.63. The molecule has 0 saturated carbocycles. The van der Waals surface area contributed by atoms with E-state index in [9.17, 15) is 9.59 Å². The fourth-order valence-corrected chi connectivity index (χ4v) is 2.79. The van der Waals surface area contributed by atoms with Crippen molar-refractivity contribution < 1.29 is 19.4 Å². The smallest absolute Gasteiger partial charge is 0.327 e. The van der Waals surface area contributed by atoms with Crippen LogP contribution in [0.1, 0.15) is 10.4 Å². The van der Waals surface area contributed by atoms with Crippen molar-refractivity contribution in [3.8, 4) is 5.88 Å². The highest BCUT2D eigenvalue weighted by Gasteiger charge is 2.35. The molecule has 1 aromatic heterocycles. The van der Waals surface area contributed by atoms with Crippen molar-refractivity contribution in [3.63, 3.8) is 0 Å². The lowest BCUT2D eigenvalue weighted by molar-refractivity contribution is -0.140. The van der Waals surface area contributed by atoms with Gasteiger partial charge in [0.05, 0.1) is 18.6 Å². The Morgan fingerprint density at radius 3 is 2.89 bits per heavy atom. The van der Waals surface area contributed by atoms with Gasteiger partial charge < -0.3 is 14.7 Å². The van der Waals surface area contributed by atoms with Crippen molar-refractivity contribution in [2.75, 3.05) is 18.7 Å². The summed E-state index contributed by atoms with van der Waals surface area (Å²) in [6, 6.07) is 2.40. The molecule has 18 heavy (non-hydrogen) atoms. The molecule has 0 aliphatic carbocycles. The molecule has 0 radical (unpaired) electrons. The maximum Gasteiger partial charge on any atom is 0.327 e. The van der Waals surface area contributed by atoms with Crippen LogP contribution in [0.4, 0.5) is 0 Å². The average Bonchev–Trinajstić information content (AvgIpc) is 2.87. The molecule has 1 N–H and O–H groups in total. The molecule has 2 heterocycles. The van der Waals surface area contributed by atoms with E-state index in [4.69, 9.17) is 9.84 Å². The summed E-state index contributed by atoms with van der Waals surface area (Å²) >= 11 is 1.43. The van der Waals surface area contributed by atoms with Crippen LogP contribution in [0.15, 0.2) is 18.3 Å². The van der Waals surface area contributed by atoms with Crippen molar-refractivity contribution in [2.24, 2.45) is 0 Å². The molecule has 1 aliphatic rings. The van der Waals surface area contributed by atoms with Gasteiger partial charge in [-0.2, -0.15) is 0 Å². The van der Waals surface area contributed by atoms with Gasteiger partial charge in [0.2, 0.25) is 5.88 Å². The fourth-order valence-electron chi connectivity index (χ4n) is 1.64. The van der Waals surface area contributed by atoms with Gasteiger partial charge >= 0.3 is 5.97 Å². The van der Waals surface area contributed by atoms with Crippen LogP contribution in [0.3, 0.4) is 0 Å². The topological polar surface area (TPSA) is 79.7 Å². The van der Waals surface area contributed by atoms with E-state index in [0.717, 1.165) is 0 Å². The van der Waals surface area contributed by atoms with Gasteiger partial charge in [0.1, 0.15) is 6.04 Å². The lowest BCUT2D eigenvalue weighted by atomic mass is 10.2. The zero-order valence-corrected chi connectivity index (χ0v) is 10.5. The molecule has 0 spiro atoms. The summed E-state index contributed by atoms with van der Waals surface area (Å²) < 4.78 is 4.90. The number of aromatic nitrogens is 1. The minimum atomic E-state index is -0.977. The number of pyridine rings is 1. The van der Waals surface area contributed by atoms with Crippen LogP contribution in [-0.2, 0) is 4.79 Å². The maximum atomic E-state index is 12.1. The average molecular weight is 268 g/mol. The highest BCUT2D eigenvalue weighted by atomic mass is 32.2. The van der Waals surface area contributed by atoms with Gasteiger partial charge in [0, 0.05) is 18.0 Å². The molecule has 1 unspecified atom stereocenters. The minimum Gasteiger partial charge on any atom is -0.481 e. The molecule has 0 bridgehead atoms. The Morgan fingerprint density at radius 1 is 1.56 bits per heavy atom. The van der Waals surface area contributed by atoms with E-state index in [1.54, 1.807) is 12.1 Å². The van der Waals surface area contributed by atoms with Crippen LogP contribution >= 0.6 is 11.8 Å². The van der Waals surface area contributed by atoms with E-state index in [-0.39, 0.29) is 5.91 Å². The molecule has 1 aliphatic heterocycles. The molecule has 1 fully saturated rings. The number of amides is 1. The molecule has 6 nitrogen and oxygen atoms in total. The Bertz CT molecular complexity index is 463. The van der Waals surface area contributed by atoms with Gasteiger partial charge in [0.25, 0.3) is 5.91 Å². The van der Waals surface area contributed by atoms with Gasteiger partial charge in [-0.25, -0.2) is 9.78 Å². The molecule has 1 atom stereocenters. The molecule has 7 heteroatoms. The number of carbonyl (C=O) groups excluding carboxylic acids is 1. The number of rotatable bonds is 3. The van der Waals surface area contributed by atoms with Crippen LogP contribution in [0.2, 0.25) is 0 Å². The summed E-state index contributed by atoms with van der Waals surface area (Å²) in [6.07, 6.45) is 1.39. The van der Waals surface area contributed by atoms with E-state index in [2.05, 4.69) is 4.98 Å². The number of carboxylic acids is 1. The molecule has 2 rings (SSSR count). The Kier molecular flexibility index (Phi) is 3.71. The van der Waals surface area contributed by atoms with Crippen molar-refractivity contribution in [2.45, 2.75) is 6.04 Å². The summed E-state index contributed by atoms with van der Waals surface area (Å²) in [7, 11) is 1.49. The number of hydrogen-bond donors (Lipinski definition) is 1. The summed E-state index contributed by atoms with van der Waals surface area (Å²) in [4.78, 5) is 28.4. The first-order chi connectivity index (χ1) is 8.63. The van der Waals surface area contributed by atoms with Crippen LogP contribution in [0, 0.1) is 0 Å². The van der Waals surface area contributed by atoms with E-state index >= 15 is 0 Å². The Labute approximate surface area is 108 Å². The number of aliphatic carboxylic acids is 1. The number of methoxy groups -OCH3 is 1. The molecular formula is C11H12N2O4S. The first kappa shape index (κ1) is 12.7. The largest absolute Gasteiger partial charge is 0.481 e. The number of carboxylic acid groups (broad SMARTS) is 1. The lowest BCUT2D eigenvalue weighted by Crippen LogP contribution is -2.41. The van der Waals surface area contributed by atoms with Gasteiger partial charge in [0.15, 0.2) is 0 Å². The Balaban J connectivity index is 2.17. The molecule has 1 aromatic rings. The van der Waals surface area contributed by atoms with Crippen molar-refractivity contribution in [3.05, 3.63) is 23.9 Å². The van der Waals surface area contributed by atoms with Gasteiger partial charge in [-0.15, -0.1) is 11.8 Å². The number of hydrogen-bond acceptors (Lipinski definition) is 5. The number of carbonyl (C=O) groups is 2. The predicted octanol–water partition coefficient (Wildman–Crippen LogP) is 0.690. The first-order valence-corrected chi connectivity index (χ1v) is 6.40. The Hall–Kier alpha value is -1.76. The van der Waals surface area contributed by atoms with Crippen LogP contribution < -0.4 is 4.74 Å². The maximum absolute atomic E-state index is 12.1. The second kappa shape index (κ2) is 5.26. The summed E-state index contributed by atoms with van der Waals surface area (Å²) in [5.41, 5.74) is 0.365. The second-order valence-electron chi connectivity index (χ2n) is 3.72. The SMILES string of the molecule is COc1ccc(C(=O)N2CSCC2C(=O)O)cn1. The lowest BCUT2D eigenvalue weighted by Gasteiger charge is -2.20. The zero-order chi connectivity index (χ0) is 13.1. The molecule has 0 aromatic carbocycles. The van der Waals surface area contributed by atoms with Crippen LogP contribution in [-0.4, -0.2) is 51.6 Å². The van der Waals surface area contributed by atoms with Crippen LogP contribution in [0.5, 0.6) is 5.88 Å². The van der Waals surface area contributed by atoms with Crippen LogP contribution in [0.25, 0.3) is 0 Å². The standard InChI is InChI=1S/C11H12N2O4S/c1-17-9-3-2-7(4-12-9)10(14)13-6-18-5-8(13)11(15)16/h2-4,8H,5-6H2,1H3,(H,15,16). The van der Waals surface area contributed by atoms with Gasteiger partial charge in [-0.05, 0) is 6.07 Å². The monoisotopic (exact) mass is 268 g/mol. The van der Waals surface area contributed by atoms with E-state index in [1.165, 1.54) is 30.0 Å². The molecule has 96 valence electrons. The predicted molar refractivity (Wildman–Crippen MR) is 65.7 cm³/mol. The van der Waals surface area contributed by atoms with Crippen molar-refractivity contribution in [1.29, 1.82) is 0 Å². The summed E-state index contributed by atoms with van der Waals surface area (Å²) in [5, 5.41) is 9.02. The van der Waals surface area contributed by atoms with E-state index in [0.29, 0.717) is 23.1 Å². The summed E-state index contributed by atoms with van der Waals surface area (Å²) in [5.74, 6) is -0.0681. The highest BCUT2D eigenvalue weighted by molar-refractivity contribution is 7.99. The minimum absolute atomic E-state index is 0.317. The van der Waals surface area contributed by atoms with Gasteiger partial charge in [-0.1, -0.05) is 0 Å². The fraction of sp³-hybridized carbons (Fsp3) is 0.364. The molecule has 1 amide bonds. The zero-order valence-electron chi connectivity index (χ0n) is 9.70. The number of thioether (sulfide) groups is 1.